The van der Waals surface area contributed by atoms with Crippen molar-refractivity contribution in [2.24, 2.45) is 0 Å². The van der Waals surface area contributed by atoms with Gasteiger partial charge in [-0.3, -0.25) is 0 Å². The predicted octanol–water partition coefficient (Wildman–Crippen LogP) is 33.5. The number of rotatable bonds is 15. The van der Waals surface area contributed by atoms with Crippen molar-refractivity contribution in [1.29, 1.82) is 0 Å². The summed E-state index contributed by atoms with van der Waals surface area (Å²) < 4.78 is 13.0. The van der Waals surface area contributed by atoms with Crippen molar-refractivity contribution < 1.29 is 8.83 Å². The Labute approximate surface area is 703 Å². The van der Waals surface area contributed by atoms with Crippen LogP contribution < -0.4 is 9.80 Å². The Balaban J connectivity index is 0.666. The van der Waals surface area contributed by atoms with Crippen LogP contribution in [0, 0.1) is 0 Å². The quantitative estimate of drug-likeness (QED) is 0.102. The first-order valence-corrected chi connectivity index (χ1v) is 42.3. The molecule has 0 bridgehead atoms. The van der Waals surface area contributed by atoms with Crippen LogP contribution in [0.1, 0.15) is 104 Å². The van der Waals surface area contributed by atoms with Crippen LogP contribution in [0.15, 0.2) is 379 Å². The van der Waals surface area contributed by atoms with Gasteiger partial charge in [0.2, 0.25) is 0 Å². The summed E-state index contributed by atoms with van der Waals surface area (Å²) in [6.45, 7) is 25.9. The highest BCUT2D eigenvalue weighted by Gasteiger charge is 2.30. The summed E-state index contributed by atoms with van der Waals surface area (Å²) in [5, 5.41) is 14.0. The summed E-state index contributed by atoms with van der Waals surface area (Å²) in [6, 6.07) is 138. The van der Waals surface area contributed by atoms with E-state index in [1.54, 1.807) is 0 Å². The van der Waals surface area contributed by atoms with Gasteiger partial charge in [-0.25, -0.2) is 0 Å². The molecule has 0 amide bonds. The third-order valence-electron chi connectivity index (χ3n) is 25.0. The van der Waals surface area contributed by atoms with E-state index in [2.05, 4.69) is 450 Å². The largest absolute Gasteiger partial charge is 0.456 e. The Morgan fingerprint density at radius 3 is 1.12 bits per heavy atom. The fourth-order valence-corrected chi connectivity index (χ4v) is 18.6. The molecular weight excluding hydrogens is 1450 g/mol. The van der Waals surface area contributed by atoms with Gasteiger partial charge in [0.1, 0.15) is 22.3 Å². The minimum atomic E-state index is -0.285. The Morgan fingerprint density at radius 1 is 0.217 bits per heavy atom. The number of hydrogen-bond acceptors (Lipinski definition) is 4. The van der Waals surface area contributed by atoms with E-state index in [0.717, 1.165) is 107 Å². The van der Waals surface area contributed by atoms with Gasteiger partial charge in [-0.1, -0.05) is 361 Å². The smallest absolute Gasteiger partial charge is 0.135 e. The summed E-state index contributed by atoms with van der Waals surface area (Å²) in [4.78, 5) is 4.91. The minimum Gasteiger partial charge on any atom is -0.456 e. The van der Waals surface area contributed by atoms with Crippen molar-refractivity contribution in [3.8, 4) is 66.8 Å². The Morgan fingerprint density at radius 2 is 0.592 bits per heavy atom. The minimum absolute atomic E-state index is 0.0471. The zero-order chi connectivity index (χ0) is 81.9. The van der Waals surface area contributed by atoms with Crippen LogP contribution >= 0.6 is 0 Å². The molecule has 0 saturated carbocycles. The number of nitrogens with zero attached hydrogens (tertiary/aromatic N) is 2. The van der Waals surface area contributed by atoms with Crippen molar-refractivity contribution >= 4 is 121 Å². The van der Waals surface area contributed by atoms with Gasteiger partial charge in [-0.05, 0) is 240 Å². The summed E-state index contributed by atoms with van der Waals surface area (Å²) in [6.07, 6.45) is 0.827. The Kier molecular flexibility index (Phi) is 18.4. The molecule has 2 heterocycles. The second-order valence-electron chi connectivity index (χ2n) is 36.6. The Bertz CT molecular complexity index is 7380. The fourth-order valence-electron chi connectivity index (χ4n) is 18.6. The van der Waals surface area contributed by atoms with Gasteiger partial charge in [0.05, 0.1) is 11.4 Å². The van der Waals surface area contributed by atoms with E-state index in [4.69, 9.17) is 8.83 Å². The lowest BCUT2D eigenvalue weighted by Crippen LogP contribution is -2.22. The number of fused-ring (bicyclic) bond motifs is 10. The molecule has 4 nitrogen and oxygen atoms in total. The van der Waals surface area contributed by atoms with Gasteiger partial charge in [0, 0.05) is 55.4 Å². The Hall–Kier alpha value is -13.8. The molecule has 0 aliphatic carbocycles. The van der Waals surface area contributed by atoms with Crippen molar-refractivity contribution in [3.05, 3.63) is 398 Å². The number of anilines is 6. The summed E-state index contributed by atoms with van der Waals surface area (Å²) in [5.41, 5.74) is 30.0. The van der Waals surface area contributed by atoms with Crippen molar-refractivity contribution in [1.82, 2.24) is 0 Å². The van der Waals surface area contributed by atoms with E-state index in [9.17, 15) is 0 Å². The van der Waals surface area contributed by atoms with E-state index in [-0.39, 0.29) is 21.7 Å². The monoisotopic (exact) mass is 1550 g/mol. The summed E-state index contributed by atoms with van der Waals surface area (Å²) >= 11 is 0. The molecule has 4 heteroatoms. The molecule has 0 unspecified atom stereocenters. The maximum Gasteiger partial charge on any atom is 0.135 e. The van der Waals surface area contributed by atoms with E-state index in [1.165, 1.54) is 115 Å². The van der Waals surface area contributed by atoms with Gasteiger partial charge in [0.15, 0.2) is 0 Å². The van der Waals surface area contributed by atoms with E-state index >= 15 is 0 Å². The van der Waals surface area contributed by atoms with E-state index in [1.807, 2.05) is 6.07 Å². The van der Waals surface area contributed by atoms with Gasteiger partial charge in [-0.15, -0.1) is 0 Å². The van der Waals surface area contributed by atoms with Gasteiger partial charge in [-0.2, -0.15) is 0 Å². The maximum absolute atomic E-state index is 6.53. The third-order valence-corrected chi connectivity index (χ3v) is 25.0. The van der Waals surface area contributed by atoms with Crippen LogP contribution in [0.25, 0.3) is 154 Å². The van der Waals surface area contributed by atoms with Crippen molar-refractivity contribution in [2.45, 2.75) is 104 Å². The number of furan rings is 2. The highest BCUT2D eigenvalue weighted by Crippen LogP contribution is 2.52. The number of benzene rings is 18. The SMILES string of the molecule is CC(C)(C)c1cc(-c2cccc3cccc(-c4ccccc4N(c4cccc(-c5cccc6cc(CC(C)(C)c7cc(-c8cccc9cccc(-c%10ccccc%10N(c%10ccc(-c%11cccc%12ccccc%11%12)cc%10)c%10ccc%11oc%12ccccc%12c%11c%10)c89)cc(C(C)(C)C)c7)ccc56)c4)c4ccc5oc6ccccc6c5c4)c23)cc(C(C)(C)C)c1. The first kappa shape index (κ1) is 75.0. The van der Waals surface area contributed by atoms with Gasteiger partial charge < -0.3 is 18.6 Å². The highest BCUT2D eigenvalue weighted by atomic mass is 16.3. The highest BCUT2D eigenvalue weighted by molar-refractivity contribution is 6.13. The lowest BCUT2D eigenvalue weighted by molar-refractivity contribution is 0.518. The molecular formula is C116H96N2O2. The third kappa shape index (κ3) is 13.6. The lowest BCUT2D eigenvalue weighted by atomic mass is 9.74. The van der Waals surface area contributed by atoms with Crippen molar-refractivity contribution in [3.63, 3.8) is 0 Å². The molecule has 0 saturated heterocycles. The molecule has 18 aromatic carbocycles. The molecule has 0 radical (unpaired) electrons. The maximum atomic E-state index is 6.53. The second-order valence-corrected chi connectivity index (χ2v) is 36.6. The molecule has 0 atom stereocenters. The summed E-state index contributed by atoms with van der Waals surface area (Å²) in [5.74, 6) is 0. The van der Waals surface area contributed by atoms with E-state index in [0.29, 0.717) is 0 Å². The number of hydrogen-bond donors (Lipinski definition) is 0. The zero-order valence-corrected chi connectivity index (χ0v) is 70.1. The van der Waals surface area contributed by atoms with Gasteiger partial charge >= 0.3 is 0 Å². The van der Waals surface area contributed by atoms with Crippen LogP contribution in [0.4, 0.5) is 34.1 Å². The molecule has 20 rings (SSSR count). The topological polar surface area (TPSA) is 32.8 Å². The molecule has 0 N–H and O–H groups in total. The standard InChI is InChI=1S/C116H96N2O2/c1-113(2,3)83-64-81(65-84(69-83)114(4,5)6)95-45-24-31-77-33-27-48-102(111(77)95)98-40-15-19-50-106(98)118(90-59-62-110-104(72-90)100-42-17-21-52-108(100)120-110)88-37-22-35-80(68-88)93-44-28-36-79-63-74(53-60-94(79)93)73-116(10,11)86-67-82(66-85(70-86)115(7,8)9)96-46-25-32-78-34-26-47-101(112(78)96)97-39-14-18-49-105(97)117(89-58-61-109-103(71-89)99-41-16-20-51-107(99)119-109)87-56-54-76(55-57-87)92-43-23-30-75-29-12-13-38-91(75)92/h12-72H,73H2,1-11H3. The van der Waals surface area contributed by atoms with Crippen LogP contribution in [0.5, 0.6) is 0 Å². The predicted molar refractivity (Wildman–Crippen MR) is 512 cm³/mol. The summed E-state index contributed by atoms with van der Waals surface area (Å²) in [7, 11) is 0. The first-order valence-electron chi connectivity index (χ1n) is 42.3. The molecule has 2 aromatic heterocycles. The molecule has 0 spiro atoms. The lowest BCUT2D eigenvalue weighted by Gasteiger charge is -2.30. The van der Waals surface area contributed by atoms with Crippen LogP contribution in [0.2, 0.25) is 0 Å². The van der Waals surface area contributed by atoms with Crippen LogP contribution in [-0.4, -0.2) is 0 Å². The average Bonchev–Trinajstić information content (AvgIpc) is 0.911. The number of para-hydroxylation sites is 4. The molecule has 0 aliphatic heterocycles. The van der Waals surface area contributed by atoms with Gasteiger partial charge in [0.25, 0.3) is 0 Å². The molecule has 20 aromatic rings. The molecule has 0 fully saturated rings. The first-order chi connectivity index (χ1) is 58.1. The zero-order valence-electron chi connectivity index (χ0n) is 70.1. The molecule has 0 aliphatic rings. The van der Waals surface area contributed by atoms with Crippen molar-refractivity contribution in [2.75, 3.05) is 9.80 Å². The normalized spacial score (nSPS) is 12.3. The molecule has 120 heavy (non-hydrogen) atoms. The average molecular weight is 1550 g/mol. The van der Waals surface area contributed by atoms with Crippen LogP contribution in [-0.2, 0) is 28.1 Å². The van der Waals surface area contributed by atoms with Crippen LogP contribution in [0.3, 0.4) is 0 Å². The molecule has 582 valence electrons. The second kappa shape index (κ2) is 29.4. The van der Waals surface area contributed by atoms with E-state index < -0.39 is 0 Å². The fraction of sp³-hybridized carbons (Fsp3) is 0.138.